The number of nitrogens with two attached hydrogens (primary N) is 1. The lowest BCUT2D eigenvalue weighted by Crippen LogP contribution is -2.55. The SMILES string of the molecule is CC1CCCC(C(N)c2ccccc2F)(N(C)C)C1. The van der Waals surface area contributed by atoms with Crippen LogP contribution >= 0.6 is 0 Å². The van der Waals surface area contributed by atoms with E-state index in [0.29, 0.717) is 11.5 Å². The van der Waals surface area contributed by atoms with Gasteiger partial charge in [0, 0.05) is 11.1 Å². The summed E-state index contributed by atoms with van der Waals surface area (Å²) >= 11 is 0. The molecule has 1 aromatic carbocycles. The Morgan fingerprint density at radius 3 is 2.63 bits per heavy atom. The van der Waals surface area contributed by atoms with Crippen LogP contribution in [0.5, 0.6) is 0 Å². The van der Waals surface area contributed by atoms with E-state index in [2.05, 4.69) is 25.9 Å². The molecule has 3 heteroatoms. The van der Waals surface area contributed by atoms with E-state index < -0.39 is 0 Å². The summed E-state index contributed by atoms with van der Waals surface area (Å²) < 4.78 is 14.0. The van der Waals surface area contributed by atoms with Gasteiger partial charge in [-0.2, -0.15) is 0 Å². The average molecular weight is 264 g/mol. The fraction of sp³-hybridized carbons (Fsp3) is 0.625. The van der Waals surface area contributed by atoms with E-state index in [4.69, 9.17) is 5.73 Å². The summed E-state index contributed by atoms with van der Waals surface area (Å²) in [6.07, 6.45) is 4.50. The van der Waals surface area contributed by atoms with Gasteiger partial charge in [-0.3, -0.25) is 0 Å². The minimum Gasteiger partial charge on any atom is -0.322 e. The maximum absolute atomic E-state index is 14.0. The first kappa shape index (κ1) is 14.5. The fourth-order valence-corrected chi connectivity index (χ4v) is 3.55. The van der Waals surface area contributed by atoms with E-state index in [-0.39, 0.29) is 17.4 Å². The number of nitrogens with zero attached hydrogens (tertiary/aromatic N) is 1. The van der Waals surface area contributed by atoms with E-state index in [0.717, 1.165) is 12.8 Å². The molecule has 0 aliphatic heterocycles. The summed E-state index contributed by atoms with van der Waals surface area (Å²) in [6.45, 7) is 2.27. The molecule has 1 aromatic rings. The van der Waals surface area contributed by atoms with Crippen molar-refractivity contribution in [3.05, 3.63) is 35.6 Å². The van der Waals surface area contributed by atoms with Crippen LogP contribution in [0.3, 0.4) is 0 Å². The zero-order chi connectivity index (χ0) is 14.0. The van der Waals surface area contributed by atoms with Crippen molar-refractivity contribution in [1.29, 1.82) is 0 Å². The van der Waals surface area contributed by atoms with Gasteiger partial charge in [-0.25, -0.2) is 4.39 Å². The van der Waals surface area contributed by atoms with Crippen LogP contribution in [-0.2, 0) is 0 Å². The molecule has 0 radical (unpaired) electrons. The number of likely N-dealkylation sites (N-methyl/N-ethyl adjacent to an activating group) is 1. The van der Waals surface area contributed by atoms with Crippen molar-refractivity contribution in [3.63, 3.8) is 0 Å². The molecule has 0 amide bonds. The van der Waals surface area contributed by atoms with Gasteiger partial charge in [-0.15, -0.1) is 0 Å². The molecule has 0 saturated heterocycles. The predicted molar refractivity (Wildman–Crippen MR) is 77.4 cm³/mol. The van der Waals surface area contributed by atoms with Gasteiger partial charge in [0.2, 0.25) is 0 Å². The van der Waals surface area contributed by atoms with Gasteiger partial charge in [0.15, 0.2) is 0 Å². The summed E-state index contributed by atoms with van der Waals surface area (Å²) in [5.74, 6) is 0.462. The minimum absolute atomic E-state index is 0.125. The van der Waals surface area contributed by atoms with Crippen LogP contribution in [0.25, 0.3) is 0 Å². The highest BCUT2D eigenvalue weighted by Crippen LogP contribution is 2.43. The van der Waals surface area contributed by atoms with Crippen LogP contribution in [0, 0.1) is 11.7 Å². The Morgan fingerprint density at radius 2 is 2.05 bits per heavy atom. The summed E-state index contributed by atoms with van der Waals surface area (Å²) in [4.78, 5) is 2.21. The molecule has 3 atom stereocenters. The van der Waals surface area contributed by atoms with Gasteiger partial charge in [0.05, 0.1) is 6.04 Å². The lowest BCUT2D eigenvalue weighted by atomic mass is 9.70. The number of rotatable bonds is 3. The van der Waals surface area contributed by atoms with Gasteiger partial charge < -0.3 is 10.6 Å². The fourth-order valence-electron chi connectivity index (χ4n) is 3.55. The van der Waals surface area contributed by atoms with Crippen molar-refractivity contribution in [1.82, 2.24) is 4.90 Å². The van der Waals surface area contributed by atoms with Crippen LogP contribution in [0.1, 0.15) is 44.2 Å². The molecule has 1 fully saturated rings. The Bertz CT molecular complexity index is 433. The van der Waals surface area contributed by atoms with Gasteiger partial charge >= 0.3 is 0 Å². The third kappa shape index (κ3) is 2.67. The van der Waals surface area contributed by atoms with Gasteiger partial charge in [-0.1, -0.05) is 38.0 Å². The van der Waals surface area contributed by atoms with Crippen LogP contribution < -0.4 is 5.73 Å². The molecule has 1 aliphatic carbocycles. The van der Waals surface area contributed by atoms with E-state index in [1.54, 1.807) is 6.07 Å². The van der Waals surface area contributed by atoms with Crippen molar-refractivity contribution in [3.8, 4) is 0 Å². The summed E-state index contributed by atoms with van der Waals surface area (Å²) in [7, 11) is 4.14. The van der Waals surface area contributed by atoms with Crippen molar-refractivity contribution in [2.24, 2.45) is 11.7 Å². The highest BCUT2D eigenvalue weighted by Gasteiger charge is 2.43. The van der Waals surface area contributed by atoms with E-state index in [9.17, 15) is 4.39 Å². The Hall–Kier alpha value is -0.930. The number of hydrogen-bond acceptors (Lipinski definition) is 2. The average Bonchev–Trinajstić information content (AvgIpc) is 2.38. The topological polar surface area (TPSA) is 29.3 Å². The standard InChI is InChI=1S/C16H25FN2/c1-12-7-6-10-16(11-12,19(2)3)15(18)13-8-4-5-9-14(13)17/h4-5,8-9,12,15H,6-7,10-11,18H2,1-3H3. The maximum atomic E-state index is 14.0. The zero-order valence-corrected chi connectivity index (χ0v) is 12.2. The summed E-state index contributed by atoms with van der Waals surface area (Å²) in [6, 6.07) is 6.65. The zero-order valence-electron chi connectivity index (χ0n) is 12.2. The first-order valence-corrected chi connectivity index (χ1v) is 7.15. The monoisotopic (exact) mass is 264 g/mol. The molecule has 1 saturated carbocycles. The molecule has 2 nitrogen and oxygen atoms in total. The number of hydrogen-bond donors (Lipinski definition) is 1. The maximum Gasteiger partial charge on any atom is 0.128 e. The molecule has 2 N–H and O–H groups in total. The normalized spacial score (nSPS) is 29.5. The number of benzene rings is 1. The molecule has 0 heterocycles. The lowest BCUT2D eigenvalue weighted by molar-refractivity contribution is 0.0488. The summed E-state index contributed by atoms with van der Waals surface area (Å²) in [5.41, 5.74) is 7.01. The molecule has 0 spiro atoms. The molecule has 1 aliphatic rings. The molecular weight excluding hydrogens is 239 g/mol. The van der Waals surface area contributed by atoms with Gasteiger partial charge in [0.25, 0.3) is 0 Å². The van der Waals surface area contributed by atoms with Crippen molar-refractivity contribution >= 4 is 0 Å². The Labute approximate surface area is 115 Å². The van der Waals surface area contributed by atoms with E-state index >= 15 is 0 Å². The van der Waals surface area contributed by atoms with E-state index in [1.807, 2.05) is 12.1 Å². The van der Waals surface area contributed by atoms with Crippen LogP contribution in [-0.4, -0.2) is 24.5 Å². The van der Waals surface area contributed by atoms with Crippen LogP contribution in [0.4, 0.5) is 4.39 Å². The third-order valence-electron chi connectivity index (χ3n) is 4.72. The molecular formula is C16H25FN2. The molecule has 0 aromatic heterocycles. The van der Waals surface area contributed by atoms with Gasteiger partial charge in [0.1, 0.15) is 5.82 Å². The predicted octanol–water partition coefficient (Wildman–Crippen LogP) is 3.34. The Kier molecular flexibility index (Phi) is 4.26. The van der Waals surface area contributed by atoms with Crippen LogP contribution in [0.2, 0.25) is 0 Å². The van der Waals surface area contributed by atoms with Gasteiger partial charge in [-0.05, 0) is 38.9 Å². The first-order valence-electron chi connectivity index (χ1n) is 7.15. The molecule has 19 heavy (non-hydrogen) atoms. The Morgan fingerprint density at radius 1 is 1.37 bits per heavy atom. The quantitative estimate of drug-likeness (QED) is 0.907. The highest BCUT2D eigenvalue weighted by molar-refractivity contribution is 5.25. The molecule has 3 unspecified atom stereocenters. The summed E-state index contributed by atoms with van der Waals surface area (Å²) in [5, 5.41) is 0. The smallest absolute Gasteiger partial charge is 0.128 e. The minimum atomic E-state index is -0.272. The molecule has 106 valence electrons. The highest BCUT2D eigenvalue weighted by atomic mass is 19.1. The van der Waals surface area contributed by atoms with Crippen molar-refractivity contribution in [2.45, 2.75) is 44.2 Å². The second kappa shape index (κ2) is 5.59. The van der Waals surface area contributed by atoms with Crippen molar-refractivity contribution in [2.75, 3.05) is 14.1 Å². The van der Waals surface area contributed by atoms with Crippen molar-refractivity contribution < 1.29 is 4.39 Å². The third-order valence-corrected chi connectivity index (χ3v) is 4.72. The number of halogens is 1. The molecule has 0 bridgehead atoms. The second-order valence-corrected chi connectivity index (χ2v) is 6.20. The largest absolute Gasteiger partial charge is 0.322 e. The van der Waals surface area contributed by atoms with E-state index in [1.165, 1.54) is 18.9 Å². The second-order valence-electron chi connectivity index (χ2n) is 6.20. The lowest BCUT2D eigenvalue weighted by Gasteiger charge is -2.49. The molecule has 2 rings (SSSR count). The Balaban J connectivity index is 2.36. The van der Waals surface area contributed by atoms with Crippen LogP contribution in [0.15, 0.2) is 24.3 Å². The first-order chi connectivity index (χ1) is 8.97.